The number of para-hydroxylation sites is 1. The largest absolute Gasteiger partial charge is 0.349 e. The van der Waals surface area contributed by atoms with Crippen LogP contribution in [0.2, 0.25) is 0 Å². The predicted molar refractivity (Wildman–Crippen MR) is 101 cm³/mol. The molecule has 3 rings (SSSR count). The molecule has 27 heavy (non-hydrogen) atoms. The Morgan fingerprint density at radius 3 is 2.67 bits per heavy atom. The Balaban J connectivity index is 1.79. The molecular weight excluding hydrogens is 346 g/mol. The van der Waals surface area contributed by atoms with Gasteiger partial charge in [0.15, 0.2) is 0 Å². The van der Waals surface area contributed by atoms with Gasteiger partial charge in [-0.05, 0) is 24.3 Å². The number of carbonyl (C=O) groups is 2. The molecule has 0 radical (unpaired) electrons. The highest BCUT2D eigenvalue weighted by molar-refractivity contribution is 6.03. The van der Waals surface area contributed by atoms with E-state index in [2.05, 4.69) is 27.5 Å². The SMILES string of the molecule is C=CCNC(=O)c1ccccc1NC(=O)Cn1nnc2ccccc2c1=O. The number of nitrogens with zero attached hydrogens (tertiary/aromatic N) is 3. The first-order valence-corrected chi connectivity index (χ1v) is 8.20. The average Bonchev–Trinajstić information content (AvgIpc) is 2.69. The Morgan fingerprint density at radius 1 is 1.11 bits per heavy atom. The molecule has 0 fully saturated rings. The number of anilines is 1. The highest BCUT2D eigenvalue weighted by atomic mass is 16.2. The number of aromatic nitrogens is 3. The Bertz CT molecular complexity index is 1070. The van der Waals surface area contributed by atoms with Crippen molar-refractivity contribution in [3.05, 3.63) is 77.1 Å². The lowest BCUT2D eigenvalue weighted by molar-refractivity contribution is -0.117. The molecule has 0 aliphatic carbocycles. The van der Waals surface area contributed by atoms with E-state index in [9.17, 15) is 14.4 Å². The fourth-order valence-electron chi connectivity index (χ4n) is 2.50. The van der Waals surface area contributed by atoms with Crippen molar-refractivity contribution < 1.29 is 9.59 Å². The van der Waals surface area contributed by atoms with Crippen LogP contribution >= 0.6 is 0 Å². The van der Waals surface area contributed by atoms with E-state index in [-0.39, 0.29) is 12.5 Å². The molecule has 8 heteroatoms. The number of hydrogen-bond acceptors (Lipinski definition) is 5. The van der Waals surface area contributed by atoms with E-state index in [0.29, 0.717) is 28.7 Å². The Kier molecular flexibility index (Phi) is 5.36. The molecule has 0 unspecified atom stereocenters. The number of hydrogen-bond donors (Lipinski definition) is 2. The number of carbonyl (C=O) groups excluding carboxylic acids is 2. The average molecular weight is 363 g/mol. The summed E-state index contributed by atoms with van der Waals surface area (Å²) in [7, 11) is 0. The topological polar surface area (TPSA) is 106 Å². The van der Waals surface area contributed by atoms with Gasteiger partial charge < -0.3 is 10.6 Å². The summed E-state index contributed by atoms with van der Waals surface area (Å²) in [6.07, 6.45) is 1.56. The molecule has 136 valence electrons. The third-order valence-corrected chi connectivity index (χ3v) is 3.78. The maximum atomic E-state index is 12.4. The van der Waals surface area contributed by atoms with Crippen molar-refractivity contribution in [2.75, 3.05) is 11.9 Å². The lowest BCUT2D eigenvalue weighted by atomic mass is 10.1. The zero-order chi connectivity index (χ0) is 19.2. The Hall–Kier alpha value is -3.81. The molecule has 8 nitrogen and oxygen atoms in total. The summed E-state index contributed by atoms with van der Waals surface area (Å²) in [5.41, 5.74) is 0.701. The van der Waals surface area contributed by atoms with Gasteiger partial charge in [-0.15, -0.1) is 11.7 Å². The number of benzene rings is 2. The van der Waals surface area contributed by atoms with Gasteiger partial charge in [-0.3, -0.25) is 14.4 Å². The fourth-order valence-corrected chi connectivity index (χ4v) is 2.50. The molecule has 2 N–H and O–H groups in total. The maximum Gasteiger partial charge on any atom is 0.278 e. The minimum absolute atomic E-state index is 0.309. The highest BCUT2D eigenvalue weighted by Gasteiger charge is 2.14. The number of nitrogens with one attached hydrogen (secondary N) is 2. The lowest BCUT2D eigenvalue weighted by Crippen LogP contribution is -2.31. The number of amides is 2. The molecule has 0 saturated carbocycles. The zero-order valence-electron chi connectivity index (χ0n) is 14.4. The molecule has 0 saturated heterocycles. The van der Waals surface area contributed by atoms with Crippen LogP contribution in [0.3, 0.4) is 0 Å². The van der Waals surface area contributed by atoms with E-state index in [1.54, 1.807) is 54.6 Å². The van der Waals surface area contributed by atoms with Crippen molar-refractivity contribution in [3.63, 3.8) is 0 Å². The zero-order valence-corrected chi connectivity index (χ0v) is 14.4. The van der Waals surface area contributed by atoms with Crippen LogP contribution in [0, 0.1) is 0 Å². The molecule has 0 bridgehead atoms. The fraction of sp³-hybridized carbons (Fsp3) is 0.105. The standard InChI is InChI=1S/C19H17N5O3/c1-2-11-20-18(26)13-7-3-5-9-15(13)21-17(25)12-24-19(27)14-8-4-6-10-16(14)22-23-24/h2-10H,1,11-12H2,(H,20,26)(H,21,25). The van der Waals surface area contributed by atoms with Gasteiger partial charge in [0.05, 0.1) is 16.6 Å². The summed E-state index contributed by atoms with van der Waals surface area (Å²) in [5.74, 6) is -0.834. The second-order valence-electron chi connectivity index (χ2n) is 5.66. The van der Waals surface area contributed by atoms with Crippen molar-refractivity contribution in [1.82, 2.24) is 20.3 Å². The second-order valence-corrected chi connectivity index (χ2v) is 5.66. The van der Waals surface area contributed by atoms with Gasteiger partial charge >= 0.3 is 0 Å². The molecule has 0 atom stereocenters. The van der Waals surface area contributed by atoms with Gasteiger partial charge in [-0.2, -0.15) is 0 Å². The first kappa shape index (κ1) is 18.0. The van der Waals surface area contributed by atoms with Crippen LogP contribution < -0.4 is 16.2 Å². The summed E-state index contributed by atoms with van der Waals surface area (Å²) >= 11 is 0. The van der Waals surface area contributed by atoms with Crippen molar-refractivity contribution >= 4 is 28.4 Å². The molecule has 2 amide bonds. The molecule has 0 aliphatic rings. The normalized spacial score (nSPS) is 10.4. The van der Waals surface area contributed by atoms with Crippen LogP contribution in [0.4, 0.5) is 5.69 Å². The number of fused-ring (bicyclic) bond motifs is 1. The maximum absolute atomic E-state index is 12.4. The minimum Gasteiger partial charge on any atom is -0.349 e. The van der Waals surface area contributed by atoms with E-state index in [1.165, 1.54) is 0 Å². The second kappa shape index (κ2) is 8.05. The minimum atomic E-state index is -0.495. The molecule has 0 aliphatic heterocycles. The molecule has 0 spiro atoms. The van der Waals surface area contributed by atoms with E-state index in [1.807, 2.05) is 0 Å². The molecule has 1 aromatic heterocycles. The van der Waals surface area contributed by atoms with Crippen LogP contribution in [0.15, 0.2) is 66.0 Å². The summed E-state index contributed by atoms with van der Waals surface area (Å²) in [6, 6.07) is 13.4. The van der Waals surface area contributed by atoms with Crippen LogP contribution in [-0.4, -0.2) is 33.4 Å². The van der Waals surface area contributed by atoms with Gasteiger partial charge in [0, 0.05) is 6.54 Å². The van der Waals surface area contributed by atoms with Gasteiger partial charge in [0.1, 0.15) is 12.1 Å². The van der Waals surface area contributed by atoms with Crippen molar-refractivity contribution in [3.8, 4) is 0 Å². The van der Waals surface area contributed by atoms with E-state index in [4.69, 9.17) is 0 Å². The first-order valence-electron chi connectivity index (χ1n) is 8.20. The molecule has 1 heterocycles. The van der Waals surface area contributed by atoms with Crippen molar-refractivity contribution in [2.24, 2.45) is 0 Å². The van der Waals surface area contributed by atoms with E-state index >= 15 is 0 Å². The van der Waals surface area contributed by atoms with Gasteiger partial charge in [-0.1, -0.05) is 35.6 Å². The van der Waals surface area contributed by atoms with Gasteiger partial charge in [0.25, 0.3) is 11.5 Å². The summed E-state index contributed by atoms with van der Waals surface area (Å²) in [5, 5.41) is 13.4. The molecule has 3 aromatic rings. The van der Waals surface area contributed by atoms with Gasteiger partial charge in [0.2, 0.25) is 5.91 Å². The third kappa shape index (κ3) is 4.06. The van der Waals surface area contributed by atoms with E-state index in [0.717, 1.165) is 4.68 Å². The summed E-state index contributed by atoms with van der Waals surface area (Å²) in [4.78, 5) is 37.0. The van der Waals surface area contributed by atoms with Crippen LogP contribution in [-0.2, 0) is 11.3 Å². The first-order chi connectivity index (χ1) is 13.1. The highest BCUT2D eigenvalue weighted by Crippen LogP contribution is 2.15. The smallest absolute Gasteiger partial charge is 0.278 e. The monoisotopic (exact) mass is 363 g/mol. The van der Waals surface area contributed by atoms with Crippen molar-refractivity contribution in [2.45, 2.75) is 6.54 Å². The molecule has 2 aromatic carbocycles. The van der Waals surface area contributed by atoms with Crippen molar-refractivity contribution in [1.29, 1.82) is 0 Å². The Morgan fingerprint density at radius 2 is 1.85 bits per heavy atom. The van der Waals surface area contributed by atoms with Crippen LogP contribution in [0.1, 0.15) is 10.4 Å². The predicted octanol–water partition coefficient (Wildman–Crippen LogP) is 1.35. The van der Waals surface area contributed by atoms with E-state index < -0.39 is 11.5 Å². The quantitative estimate of drug-likeness (QED) is 0.643. The van der Waals surface area contributed by atoms with Gasteiger partial charge in [-0.25, -0.2) is 4.68 Å². The summed E-state index contributed by atoms with van der Waals surface area (Å²) < 4.78 is 0.984. The molecular formula is C19H17N5O3. The lowest BCUT2D eigenvalue weighted by Gasteiger charge is -2.11. The number of rotatable bonds is 6. The van der Waals surface area contributed by atoms with Crippen LogP contribution in [0.5, 0.6) is 0 Å². The third-order valence-electron chi connectivity index (χ3n) is 3.78. The Labute approximate surface area is 154 Å². The van der Waals surface area contributed by atoms with Crippen LogP contribution in [0.25, 0.3) is 10.9 Å². The summed E-state index contributed by atoms with van der Waals surface area (Å²) in [6.45, 7) is 3.53.